The molecule has 4 aromatic rings. The van der Waals surface area contributed by atoms with Gasteiger partial charge >= 0.3 is 0 Å². The molecule has 0 radical (unpaired) electrons. The van der Waals surface area contributed by atoms with Crippen molar-refractivity contribution in [1.29, 1.82) is 0 Å². The Hall–Kier alpha value is -3.81. The molecular weight excluding hydrogens is 361 g/mol. The highest BCUT2D eigenvalue weighted by molar-refractivity contribution is 5.61. The van der Waals surface area contributed by atoms with Gasteiger partial charge in [0, 0.05) is 5.56 Å². The number of fused-ring (bicyclic) bond motifs is 2. The first kappa shape index (κ1) is 15.3. The summed E-state index contributed by atoms with van der Waals surface area (Å²) >= 11 is 0. The normalized spacial score (nSPS) is 15.9. The van der Waals surface area contributed by atoms with Crippen LogP contribution in [0.1, 0.15) is 11.4 Å². The minimum atomic E-state index is -0.517. The molecule has 0 spiro atoms. The second kappa shape index (κ2) is 5.35. The van der Waals surface area contributed by atoms with Crippen LogP contribution >= 0.6 is 0 Å². The molecular formula is C20H12FN5O2. The summed E-state index contributed by atoms with van der Waals surface area (Å²) in [5.41, 5.74) is 1.84. The van der Waals surface area contributed by atoms with Crippen LogP contribution in [0.15, 0.2) is 60.8 Å². The number of halogens is 1. The van der Waals surface area contributed by atoms with Gasteiger partial charge in [0.15, 0.2) is 17.3 Å². The number of ether oxygens (including phenoxy) is 2. The molecule has 0 atom stereocenters. The lowest BCUT2D eigenvalue weighted by molar-refractivity contribution is 0.174. The Morgan fingerprint density at radius 1 is 0.964 bits per heavy atom. The highest BCUT2D eigenvalue weighted by atomic mass is 19.1. The van der Waals surface area contributed by atoms with E-state index in [9.17, 15) is 4.39 Å². The highest BCUT2D eigenvalue weighted by Crippen LogP contribution is 2.47. The Kier molecular flexibility index (Phi) is 2.92. The van der Waals surface area contributed by atoms with Crippen molar-refractivity contribution >= 4 is 5.78 Å². The fourth-order valence-electron chi connectivity index (χ4n) is 3.42. The smallest absolute Gasteiger partial charge is 0.271 e. The molecule has 1 aliphatic heterocycles. The zero-order valence-electron chi connectivity index (χ0n) is 14.4. The van der Waals surface area contributed by atoms with Gasteiger partial charge in [-0.05, 0) is 42.0 Å². The van der Waals surface area contributed by atoms with Gasteiger partial charge in [-0.3, -0.25) is 0 Å². The molecule has 28 heavy (non-hydrogen) atoms. The quantitative estimate of drug-likeness (QED) is 0.514. The molecule has 6 rings (SSSR count). The second-order valence-electron chi connectivity index (χ2n) is 6.66. The van der Waals surface area contributed by atoms with Crippen molar-refractivity contribution in [1.82, 2.24) is 24.8 Å². The summed E-state index contributed by atoms with van der Waals surface area (Å²) in [6, 6.07) is 11.9. The molecule has 2 aromatic carbocycles. The average Bonchev–Trinajstić information content (AvgIpc) is 3.20. The SMILES string of the molecule is Fc1ccc(-c2cnc3nnc(C4(c5ccc6c(c5)OCO6)C=C4)n3n2)cc1. The summed E-state index contributed by atoms with van der Waals surface area (Å²) in [5, 5.41) is 13.1. The summed E-state index contributed by atoms with van der Waals surface area (Å²) in [7, 11) is 0. The van der Waals surface area contributed by atoms with Crippen LogP contribution in [0.2, 0.25) is 0 Å². The number of benzene rings is 2. The standard InChI is InChI=1S/C20H12FN5O2/c21-14-4-1-12(2-5-14)15-10-22-19-24-23-18(26(19)25-15)20(7-8-20)13-3-6-16-17(9-13)28-11-27-16/h1-10H,11H2. The van der Waals surface area contributed by atoms with Crippen molar-refractivity contribution < 1.29 is 13.9 Å². The van der Waals surface area contributed by atoms with Crippen LogP contribution in [0, 0.1) is 5.82 Å². The Morgan fingerprint density at radius 3 is 2.61 bits per heavy atom. The van der Waals surface area contributed by atoms with Gasteiger partial charge in [0.05, 0.1) is 11.6 Å². The first-order valence-corrected chi connectivity index (χ1v) is 8.68. The van der Waals surface area contributed by atoms with E-state index >= 15 is 0 Å². The lowest BCUT2D eigenvalue weighted by atomic mass is 9.92. The Balaban J connectivity index is 1.47. The van der Waals surface area contributed by atoms with E-state index in [0.717, 1.165) is 16.9 Å². The molecule has 0 unspecified atom stereocenters. The second-order valence-corrected chi connectivity index (χ2v) is 6.66. The van der Waals surface area contributed by atoms with E-state index in [-0.39, 0.29) is 12.6 Å². The molecule has 1 aliphatic carbocycles. The molecule has 3 heterocycles. The molecule has 0 amide bonds. The molecule has 0 saturated carbocycles. The highest BCUT2D eigenvalue weighted by Gasteiger charge is 2.44. The topological polar surface area (TPSA) is 74.4 Å². The molecule has 2 aliphatic rings. The number of allylic oxidation sites excluding steroid dienone is 2. The summed E-state index contributed by atoms with van der Waals surface area (Å²) in [6.45, 7) is 0.222. The van der Waals surface area contributed by atoms with Gasteiger partial charge in [-0.15, -0.1) is 10.2 Å². The maximum Gasteiger partial charge on any atom is 0.271 e. The fraction of sp³-hybridized carbons (Fsp3) is 0.100. The third kappa shape index (κ3) is 2.14. The minimum Gasteiger partial charge on any atom is -0.454 e. The molecule has 7 nitrogen and oxygen atoms in total. The summed E-state index contributed by atoms with van der Waals surface area (Å²) in [5.74, 6) is 2.17. The van der Waals surface area contributed by atoms with Gasteiger partial charge in [0.1, 0.15) is 11.5 Å². The van der Waals surface area contributed by atoms with E-state index in [1.807, 2.05) is 30.4 Å². The molecule has 136 valence electrons. The zero-order valence-corrected chi connectivity index (χ0v) is 14.4. The molecule has 0 N–H and O–H groups in total. The van der Waals surface area contributed by atoms with Crippen LogP contribution in [0.4, 0.5) is 4.39 Å². The number of rotatable bonds is 3. The molecule has 0 saturated heterocycles. The van der Waals surface area contributed by atoms with Crippen molar-refractivity contribution in [3.63, 3.8) is 0 Å². The average molecular weight is 373 g/mol. The summed E-state index contributed by atoms with van der Waals surface area (Å²) in [6.07, 6.45) is 5.68. The van der Waals surface area contributed by atoms with E-state index in [1.54, 1.807) is 22.8 Å². The van der Waals surface area contributed by atoms with Crippen molar-refractivity contribution in [3.8, 4) is 22.8 Å². The molecule has 0 fully saturated rings. The molecule has 0 bridgehead atoms. The van der Waals surface area contributed by atoms with Gasteiger partial charge in [-0.2, -0.15) is 9.61 Å². The Morgan fingerprint density at radius 2 is 1.79 bits per heavy atom. The first-order chi connectivity index (χ1) is 13.7. The van der Waals surface area contributed by atoms with Crippen molar-refractivity contribution in [2.75, 3.05) is 6.79 Å². The fourth-order valence-corrected chi connectivity index (χ4v) is 3.42. The van der Waals surface area contributed by atoms with Crippen LogP contribution in [-0.2, 0) is 5.41 Å². The van der Waals surface area contributed by atoms with Crippen LogP contribution < -0.4 is 9.47 Å². The number of aromatic nitrogens is 5. The van der Waals surface area contributed by atoms with Gasteiger partial charge in [0.2, 0.25) is 6.79 Å². The molecule has 2 aromatic heterocycles. The predicted molar refractivity (Wildman–Crippen MR) is 96.5 cm³/mol. The van der Waals surface area contributed by atoms with Crippen molar-refractivity contribution in [2.24, 2.45) is 0 Å². The monoisotopic (exact) mass is 373 g/mol. The van der Waals surface area contributed by atoms with Gasteiger partial charge < -0.3 is 9.47 Å². The molecule has 8 heteroatoms. The van der Waals surface area contributed by atoms with E-state index in [1.165, 1.54) is 12.1 Å². The van der Waals surface area contributed by atoms with E-state index < -0.39 is 5.41 Å². The maximum absolute atomic E-state index is 13.2. The van der Waals surface area contributed by atoms with Crippen LogP contribution in [0.3, 0.4) is 0 Å². The third-order valence-corrected chi connectivity index (χ3v) is 4.99. The van der Waals surface area contributed by atoms with E-state index in [4.69, 9.17) is 9.47 Å². The zero-order chi connectivity index (χ0) is 18.7. The van der Waals surface area contributed by atoms with Gasteiger partial charge in [0.25, 0.3) is 5.78 Å². The Labute approximate surface area is 158 Å². The largest absolute Gasteiger partial charge is 0.454 e. The van der Waals surface area contributed by atoms with Gasteiger partial charge in [-0.1, -0.05) is 18.2 Å². The minimum absolute atomic E-state index is 0.222. The number of nitrogens with zero attached hydrogens (tertiary/aromatic N) is 5. The third-order valence-electron chi connectivity index (χ3n) is 4.99. The van der Waals surface area contributed by atoms with Crippen LogP contribution in [0.5, 0.6) is 11.5 Å². The lowest BCUT2D eigenvalue weighted by Gasteiger charge is -2.15. The predicted octanol–water partition coefficient (Wildman–Crippen LogP) is 2.91. The van der Waals surface area contributed by atoms with E-state index in [0.29, 0.717) is 23.0 Å². The van der Waals surface area contributed by atoms with Crippen LogP contribution in [-0.4, -0.2) is 31.6 Å². The maximum atomic E-state index is 13.2. The number of hydrogen-bond donors (Lipinski definition) is 0. The lowest BCUT2D eigenvalue weighted by Crippen LogP contribution is -2.17. The summed E-state index contributed by atoms with van der Waals surface area (Å²) < 4.78 is 25.8. The van der Waals surface area contributed by atoms with Crippen molar-refractivity contribution in [3.05, 3.63) is 78.0 Å². The van der Waals surface area contributed by atoms with Crippen molar-refractivity contribution in [2.45, 2.75) is 5.41 Å². The Bertz CT molecular complexity index is 1260. The number of hydrogen-bond acceptors (Lipinski definition) is 6. The van der Waals surface area contributed by atoms with E-state index in [2.05, 4.69) is 20.3 Å². The first-order valence-electron chi connectivity index (χ1n) is 8.68. The van der Waals surface area contributed by atoms with Crippen LogP contribution in [0.25, 0.3) is 17.0 Å². The van der Waals surface area contributed by atoms with Gasteiger partial charge in [-0.25, -0.2) is 9.37 Å². The summed E-state index contributed by atoms with van der Waals surface area (Å²) in [4.78, 5) is 4.35.